The number of aromatic nitrogens is 2. The molecule has 1 heterocycles. The number of hydrogen-bond acceptors (Lipinski definition) is 4. The summed E-state index contributed by atoms with van der Waals surface area (Å²) >= 11 is 0. The molecule has 130 valence electrons. The number of benzene rings is 1. The zero-order valence-corrected chi connectivity index (χ0v) is 14.6. The number of carboxylic acids is 1. The van der Waals surface area contributed by atoms with E-state index in [1.807, 2.05) is 6.92 Å². The van der Waals surface area contributed by atoms with Crippen LogP contribution in [-0.4, -0.2) is 32.6 Å². The van der Waals surface area contributed by atoms with Crippen LogP contribution in [0, 0.1) is 6.92 Å². The molecule has 1 atom stereocenters. The van der Waals surface area contributed by atoms with E-state index >= 15 is 0 Å². The number of rotatable bonds is 4. The quantitative estimate of drug-likeness (QED) is 0.889. The van der Waals surface area contributed by atoms with Crippen molar-refractivity contribution >= 4 is 28.7 Å². The van der Waals surface area contributed by atoms with Crippen LogP contribution in [0.5, 0.6) is 0 Å². The Morgan fingerprint density at radius 2 is 2.04 bits per heavy atom. The molecule has 7 heteroatoms. The number of nitrogens with one attached hydrogen (secondary N) is 1. The SMILES string of the molecule is CCC(C(=O)O)n1nc2ccc(NC(=O)OC(C)(C)C)cc2c1C. The molecule has 0 radical (unpaired) electrons. The highest BCUT2D eigenvalue weighted by Gasteiger charge is 2.22. The van der Waals surface area contributed by atoms with Crippen LogP contribution in [0.15, 0.2) is 18.2 Å². The zero-order valence-electron chi connectivity index (χ0n) is 14.6. The normalized spacial score (nSPS) is 12.9. The van der Waals surface area contributed by atoms with E-state index in [9.17, 15) is 14.7 Å². The van der Waals surface area contributed by atoms with Gasteiger partial charge in [-0.3, -0.25) is 10.00 Å². The van der Waals surface area contributed by atoms with Crippen molar-refractivity contribution in [3.05, 3.63) is 23.9 Å². The number of anilines is 1. The number of aliphatic carboxylic acids is 1. The van der Waals surface area contributed by atoms with Gasteiger partial charge in [-0.15, -0.1) is 0 Å². The minimum atomic E-state index is -0.916. The molecule has 0 aliphatic heterocycles. The van der Waals surface area contributed by atoms with Crippen LogP contribution < -0.4 is 5.32 Å². The van der Waals surface area contributed by atoms with Crippen molar-refractivity contribution in [2.24, 2.45) is 0 Å². The maximum Gasteiger partial charge on any atom is 0.412 e. The van der Waals surface area contributed by atoms with Gasteiger partial charge in [-0.05, 0) is 52.3 Å². The number of carbonyl (C=O) groups is 2. The molecule has 0 saturated carbocycles. The lowest BCUT2D eigenvalue weighted by atomic mass is 10.2. The number of fused-ring (bicyclic) bond motifs is 1. The topological polar surface area (TPSA) is 93.5 Å². The second kappa shape index (κ2) is 6.51. The van der Waals surface area contributed by atoms with E-state index in [1.165, 1.54) is 4.68 Å². The first-order valence-electron chi connectivity index (χ1n) is 7.84. The predicted octanol–water partition coefficient (Wildman–Crippen LogP) is 3.73. The fraction of sp³-hybridized carbons (Fsp3) is 0.471. The molecule has 1 unspecified atom stereocenters. The van der Waals surface area contributed by atoms with Crippen molar-refractivity contribution < 1.29 is 19.4 Å². The summed E-state index contributed by atoms with van der Waals surface area (Å²) in [6.45, 7) is 9.00. The van der Waals surface area contributed by atoms with E-state index in [-0.39, 0.29) is 0 Å². The molecule has 2 N–H and O–H groups in total. The lowest BCUT2D eigenvalue weighted by Gasteiger charge is -2.19. The van der Waals surface area contributed by atoms with Gasteiger partial charge in [0.2, 0.25) is 0 Å². The number of hydrogen-bond donors (Lipinski definition) is 2. The van der Waals surface area contributed by atoms with Gasteiger partial charge >= 0.3 is 12.1 Å². The van der Waals surface area contributed by atoms with Gasteiger partial charge in [-0.1, -0.05) is 6.92 Å². The Hall–Kier alpha value is -2.57. The summed E-state index contributed by atoms with van der Waals surface area (Å²) in [6, 6.07) is 4.53. The molecule has 0 aliphatic carbocycles. The standard InChI is InChI=1S/C17H23N3O4/c1-6-14(15(21)22)20-10(2)12-9-11(7-8-13(12)19-20)18-16(23)24-17(3,4)5/h7-9,14H,6H2,1-5H3,(H,18,23)(H,21,22). The summed E-state index contributed by atoms with van der Waals surface area (Å²) < 4.78 is 6.75. The van der Waals surface area contributed by atoms with Crippen LogP contribution in [0.1, 0.15) is 45.9 Å². The average molecular weight is 333 g/mol. The number of carboxylic acid groups (broad SMARTS) is 1. The molecule has 2 aromatic rings. The third-order valence-corrected chi connectivity index (χ3v) is 3.56. The second-order valence-electron chi connectivity index (χ2n) is 6.65. The van der Waals surface area contributed by atoms with E-state index in [0.29, 0.717) is 17.6 Å². The van der Waals surface area contributed by atoms with E-state index in [0.717, 1.165) is 11.1 Å². The zero-order chi connectivity index (χ0) is 18.1. The van der Waals surface area contributed by atoms with E-state index in [4.69, 9.17) is 4.74 Å². The van der Waals surface area contributed by atoms with Gasteiger partial charge in [-0.25, -0.2) is 9.59 Å². The smallest absolute Gasteiger partial charge is 0.412 e. The highest BCUT2D eigenvalue weighted by atomic mass is 16.6. The fourth-order valence-corrected chi connectivity index (χ4v) is 2.48. The Bertz CT molecular complexity index is 774. The Balaban J connectivity index is 2.33. The van der Waals surface area contributed by atoms with Crippen molar-refractivity contribution in [3.8, 4) is 0 Å². The minimum Gasteiger partial charge on any atom is -0.480 e. The summed E-state index contributed by atoms with van der Waals surface area (Å²) in [6.07, 6.45) is -0.100. The van der Waals surface area contributed by atoms with Crippen molar-refractivity contribution in [1.82, 2.24) is 9.78 Å². The van der Waals surface area contributed by atoms with Gasteiger partial charge in [0.15, 0.2) is 0 Å². The summed E-state index contributed by atoms with van der Waals surface area (Å²) in [4.78, 5) is 23.2. The van der Waals surface area contributed by atoms with Gasteiger partial charge in [0.05, 0.1) is 5.52 Å². The fourth-order valence-electron chi connectivity index (χ4n) is 2.48. The van der Waals surface area contributed by atoms with Gasteiger partial charge in [0, 0.05) is 16.8 Å². The molecule has 1 aromatic heterocycles. The Kier molecular flexibility index (Phi) is 4.82. The molecule has 0 aliphatic rings. The number of ether oxygens (including phenoxy) is 1. The van der Waals surface area contributed by atoms with Crippen molar-refractivity contribution in [1.29, 1.82) is 0 Å². The molecule has 0 bridgehead atoms. The first kappa shape index (κ1) is 17.8. The van der Waals surface area contributed by atoms with Crippen molar-refractivity contribution in [2.75, 3.05) is 5.32 Å². The largest absolute Gasteiger partial charge is 0.480 e. The number of amides is 1. The van der Waals surface area contributed by atoms with Crippen LogP contribution in [0.4, 0.5) is 10.5 Å². The second-order valence-corrected chi connectivity index (χ2v) is 6.65. The lowest BCUT2D eigenvalue weighted by molar-refractivity contribution is -0.141. The van der Waals surface area contributed by atoms with Gasteiger partial charge in [0.1, 0.15) is 11.6 Å². The highest BCUT2D eigenvalue weighted by Crippen LogP contribution is 2.25. The molecule has 24 heavy (non-hydrogen) atoms. The van der Waals surface area contributed by atoms with Crippen LogP contribution in [0.25, 0.3) is 10.9 Å². The summed E-state index contributed by atoms with van der Waals surface area (Å²) in [5, 5.41) is 17.2. The van der Waals surface area contributed by atoms with Crippen LogP contribution >= 0.6 is 0 Å². The number of aryl methyl sites for hydroxylation is 1. The highest BCUT2D eigenvalue weighted by molar-refractivity contribution is 5.91. The van der Waals surface area contributed by atoms with E-state index < -0.39 is 23.7 Å². The molecule has 2 rings (SSSR count). The number of carbonyl (C=O) groups excluding carboxylic acids is 1. The average Bonchev–Trinajstić information content (AvgIpc) is 2.75. The molecule has 0 spiro atoms. The Labute approximate surface area is 140 Å². The summed E-state index contributed by atoms with van der Waals surface area (Å²) in [5.74, 6) is -0.916. The molecule has 1 aromatic carbocycles. The lowest BCUT2D eigenvalue weighted by Crippen LogP contribution is -2.27. The Morgan fingerprint density at radius 3 is 2.58 bits per heavy atom. The molecular formula is C17H23N3O4. The molecular weight excluding hydrogens is 310 g/mol. The van der Waals surface area contributed by atoms with Crippen LogP contribution in [0.3, 0.4) is 0 Å². The maximum atomic E-state index is 11.9. The van der Waals surface area contributed by atoms with E-state index in [2.05, 4.69) is 10.4 Å². The summed E-state index contributed by atoms with van der Waals surface area (Å²) in [7, 11) is 0. The van der Waals surface area contributed by atoms with Crippen LogP contribution in [0.2, 0.25) is 0 Å². The number of nitrogens with zero attached hydrogens (tertiary/aromatic N) is 2. The van der Waals surface area contributed by atoms with E-state index in [1.54, 1.807) is 45.9 Å². The molecule has 1 amide bonds. The van der Waals surface area contributed by atoms with Gasteiger partial charge < -0.3 is 9.84 Å². The monoisotopic (exact) mass is 333 g/mol. The van der Waals surface area contributed by atoms with Gasteiger partial charge in [0.25, 0.3) is 0 Å². The van der Waals surface area contributed by atoms with Crippen molar-refractivity contribution in [2.45, 2.75) is 52.7 Å². The van der Waals surface area contributed by atoms with Crippen LogP contribution in [-0.2, 0) is 9.53 Å². The predicted molar refractivity (Wildman–Crippen MR) is 91.3 cm³/mol. The van der Waals surface area contributed by atoms with Crippen molar-refractivity contribution in [3.63, 3.8) is 0 Å². The molecule has 0 fully saturated rings. The third kappa shape index (κ3) is 3.84. The van der Waals surface area contributed by atoms with Gasteiger partial charge in [-0.2, -0.15) is 5.10 Å². The molecule has 0 saturated heterocycles. The summed E-state index contributed by atoms with van der Waals surface area (Å²) in [5.41, 5.74) is 1.42. The minimum absolute atomic E-state index is 0.438. The third-order valence-electron chi connectivity index (χ3n) is 3.56. The first-order valence-corrected chi connectivity index (χ1v) is 7.84. The molecule has 7 nitrogen and oxygen atoms in total. The first-order chi connectivity index (χ1) is 11.1. The maximum absolute atomic E-state index is 11.9. The Morgan fingerprint density at radius 1 is 1.38 bits per heavy atom.